The van der Waals surface area contributed by atoms with E-state index in [-0.39, 0.29) is 11.8 Å². The second-order valence-corrected chi connectivity index (χ2v) is 6.31. The van der Waals surface area contributed by atoms with Crippen molar-refractivity contribution in [3.05, 3.63) is 40.9 Å². The number of nitrogens with zero attached hydrogens (tertiary/aromatic N) is 1. The van der Waals surface area contributed by atoms with E-state index in [9.17, 15) is 9.90 Å². The summed E-state index contributed by atoms with van der Waals surface area (Å²) < 4.78 is 0. The molecule has 0 saturated heterocycles. The summed E-state index contributed by atoms with van der Waals surface area (Å²) >= 11 is 5.91. The molecule has 1 fully saturated rings. The van der Waals surface area contributed by atoms with Gasteiger partial charge >= 0.3 is 0 Å². The minimum Gasteiger partial charge on any atom is -0.392 e. The predicted octanol–water partition coefficient (Wildman–Crippen LogP) is 3.12. The lowest BCUT2D eigenvalue weighted by atomic mass is 9.97. The first-order valence-corrected chi connectivity index (χ1v) is 7.95. The van der Waals surface area contributed by atoms with Crippen molar-refractivity contribution in [3.8, 4) is 0 Å². The fourth-order valence-corrected chi connectivity index (χ4v) is 3.38. The van der Waals surface area contributed by atoms with Gasteiger partial charge in [0.1, 0.15) is 0 Å². The Morgan fingerprint density at radius 3 is 2.57 bits per heavy atom. The summed E-state index contributed by atoms with van der Waals surface area (Å²) in [6.45, 7) is 1.37. The van der Waals surface area contributed by atoms with E-state index in [0.717, 1.165) is 37.3 Å². The molecule has 3 rings (SSSR count). The summed E-state index contributed by atoms with van der Waals surface area (Å²) in [6, 6.07) is 7.83. The third kappa shape index (κ3) is 3.14. The van der Waals surface area contributed by atoms with E-state index in [2.05, 4.69) is 6.08 Å². The zero-order valence-corrected chi connectivity index (χ0v) is 12.7. The van der Waals surface area contributed by atoms with Crippen LogP contribution >= 0.6 is 11.6 Å². The standard InChI is InChI=1S/C17H20ClNO2/c18-14-6-4-12(5-7-14)13-8-10-19(11-9-13)17(21)15-2-1-3-16(15)20/h4-8,15-16,20H,1-3,9-11H2. The van der Waals surface area contributed by atoms with Crippen LogP contribution in [-0.4, -0.2) is 35.1 Å². The van der Waals surface area contributed by atoms with E-state index in [1.54, 1.807) is 0 Å². The monoisotopic (exact) mass is 305 g/mol. The van der Waals surface area contributed by atoms with E-state index < -0.39 is 6.10 Å². The summed E-state index contributed by atoms with van der Waals surface area (Å²) in [7, 11) is 0. The minimum atomic E-state index is -0.445. The van der Waals surface area contributed by atoms with Crippen LogP contribution in [0.2, 0.25) is 5.02 Å². The fraction of sp³-hybridized carbons (Fsp3) is 0.471. The molecule has 0 aromatic heterocycles. The van der Waals surface area contributed by atoms with Gasteiger partial charge in [-0.25, -0.2) is 0 Å². The molecular formula is C17H20ClNO2. The van der Waals surface area contributed by atoms with Gasteiger partial charge in [0.15, 0.2) is 0 Å². The highest BCUT2D eigenvalue weighted by Crippen LogP contribution is 2.29. The van der Waals surface area contributed by atoms with Crippen LogP contribution < -0.4 is 0 Å². The highest BCUT2D eigenvalue weighted by Gasteiger charge is 2.34. The van der Waals surface area contributed by atoms with Crippen molar-refractivity contribution in [1.82, 2.24) is 4.90 Å². The van der Waals surface area contributed by atoms with Crippen LogP contribution in [0.1, 0.15) is 31.2 Å². The maximum Gasteiger partial charge on any atom is 0.228 e. The van der Waals surface area contributed by atoms with Gasteiger partial charge in [-0.3, -0.25) is 4.79 Å². The van der Waals surface area contributed by atoms with Gasteiger partial charge in [0, 0.05) is 18.1 Å². The largest absolute Gasteiger partial charge is 0.392 e. The second-order valence-electron chi connectivity index (χ2n) is 5.88. The number of hydrogen-bond donors (Lipinski definition) is 1. The van der Waals surface area contributed by atoms with E-state index in [4.69, 9.17) is 11.6 Å². The van der Waals surface area contributed by atoms with Gasteiger partial charge in [-0.2, -0.15) is 0 Å². The molecule has 0 spiro atoms. The maximum atomic E-state index is 12.4. The number of benzene rings is 1. The van der Waals surface area contributed by atoms with Crippen molar-refractivity contribution in [1.29, 1.82) is 0 Å². The number of carbonyl (C=O) groups excluding carboxylic acids is 1. The number of rotatable bonds is 2. The predicted molar refractivity (Wildman–Crippen MR) is 84.0 cm³/mol. The average Bonchev–Trinajstić information content (AvgIpc) is 2.94. The molecular weight excluding hydrogens is 286 g/mol. The number of carbonyl (C=O) groups is 1. The summed E-state index contributed by atoms with van der Waals surface area (Å²) in [5, 5.41) is 10.6. The highest BCUT2D eigenvalue weighted by atomic mass is 35.5. The third-order valence-corrected chi connectivity index (χ3v) is 4.78. The molecule has 1 heterocycles. The fourth-order valence-electron chi connectivity index (χ4n) is 3.26. The first-order chi connectivity index (χ1) is 10.1. The van der Waals surface area contributed by atoms with Crippen LogP contribution in [0.5, 0.6) is 0 Å². The molecule has 4 heteroatoms. The van der Waals surface area contributed by atoms with Gasteiger partial charge in [0.25, 0.3) is 0 Å². The number of hydrogen-bond acceptors (Lipinski definition) is 2. The Labute approximate surface area is 130 Å². The van der Waals surface area contributed by atoms with E-state index in [0.29, 0.717) is 6.54 Å². The molecule has 2 unspecified atom stereocenters. The Kier molecular flexibility index (Phi) is 4.32. The molecule has 0 radical (unpaired) electrons. The normalized spacial score (nSPS) is 25.8. The molecule has 1 aliphatic carbocycles. The van der Waals surface area contributed by atoms with Crippen LogP contribution in [0.4, 0.5) is 0 Å². The quantitative estimate of drug-likeness (QED) is 0.912. The summed E-state index contributed by atoms with van der Waals surface area (Å²) in [4.78, 5) is 14.3. The third-order valence-electron chi connectivity index (χ3n) is 4.53. The van der Waals surface area contributed by atoms with Gasteiger partial charge in [-0.05, 0) is 49.0 Å². The zero-order chi connectivity index (χ0) is 14.8. The Balaban J connectivity index is 1.66. The van der Waals surface area contributed by atoms with Crippen LogP contribution in [-0.2, 0) is 4.79 Å². The van der Waals surface area contributed by atoms with Crippen molar-refractivity contribution in [2.75, 3.05) is 13.1 Å². The SMILES string of the molecule is O=C(C1CCCC1O)N1CC=C(c2ccc(Cl)cc2)CC1. The Morgan fingerprint density at radius 1 is 1.24 bits per heavy atom. The maximum absolute atomic E-state index is 12.4. The Bertz CT molecular complexity index is 552. The molecule has 2 aliphatic rings. The van der Waals surface area contributed by atoms with Crippen molar-refractivity contribution in [3.63, 3.8) is 0 Å². The first-order valence-electron chi connectivity index (χ1n) is 7.57. The summed E-state index contributed by atoms with van der Waals surface area (Å²) in [6.07, 6.45) is 5.07. The van der Waals surface area contributed by atoms with Gasteiger partial charge in [0.2, 0.25) is 5.91 Å². The van der Waals surface area contributed by atoms with Crippen LogP contribution in [0.25, 0.3) is 5.57 Å². The summed E-state index contributed by atoms with van der Waals surface area (Å²) in [5.41, 5.74) is 2.44. The molecule has 0 bridgehead atoms. The van der Waals surface area contributed by atoms with Crippen molar-refractivity contribution >= 4 is 23.1 Å². The number of aliphatic hydroxyl groups is 1. The molecule has 1 saturated carbocycles. The molecule has 2 atom stereocenters. The second kappa shape index (κ2) is 6.20. The molecule has 1 amide bonds. The number of aliphatic hydroxyl groups excluding tert-OH is 1. The molecule has 1 N–H and O–H groups in total. The Hall–Kier alpha value is -1.32. The molecule has 1 aromatic carbocycles. The average molecular weight is 306 g/mol. The molecule has 21 heavy (non-hydrogen) atoms. The smallest absolute Gasteiger partial charge is 0.228 e. The first kappa shape index (κ1) is 14.6. The topological polar surface area (TPSA) is 40.5 Å². The van der Waals surface area contributed by atoms with Gasteiger partial charge in [-0.15, -0.1) is 0 Å². The highest BCUT2D eigenvalue weighted by molar-refractivity contribution is 6.30. The van der Waals surface area contributed by atoms with Gasteiger partial charge in [0.05, 0.1) is 12.0 Å². The molecule has 3 nitrogen and oxygen atoms in total. The number of halogens is 1. The van der Waals surface area contributed by atoms with Gasteiger partial charge < -0.3 is 10.0 Å². The van der Waals surface area contributed by atoms with Crippen LogP contribution in [0.3, 0.4) is 0 Å². The summed E-state index contributed by atoms with van der Waals surface area (Å²) in [5.74, 6) is -0.0677. The van der Waals surface area contributed by atoms with Gasteiger partial charge in [-0.1, -0.05) is 29.8 Å². The van der Waals surface area contributed by atoms with Crippen LogP contribution in [0.15, 0.2) is 30.3 Å². The van der Waals surface area contributed by atoms with Crippen LogP contribution in [0, 0.1) is 5.92 Å². The van der Waals surface area contributed by atoms with Crippen molar-refractivity contribution in [2.45, 2.75) is 31.8 Å². The van der Waals surface area contributed by atoms with E-state index in [1.165, 1.54) is 11.1 Å². The lowest BCUT2D eigenvalue weighted by Gasteiger charge is -2.30. The molecule has 1 aromatic rings. The lowest BCUT2D eigenvalue weighted by Crippen LogP contribution is -2.41. The van der Waals surface area contributed by atoms with E-state index in [1.807, 2.05) is 29.2 Å². The lowest BCUT2D eigenvalue weighted by molar-refractivity contribution is -0.137. The number of amides is 1. The Morgan fingerprint density at radius 2 is 2.00 bits per heavy atom. The minimum absolute atomic E-state index is 0.117. The van der Waals surface area contributed by atoms with Crippen molar-refractivity contribution in [2.24, 2.45) is 5.92 Å². The zero-order valence-electron chi connectivity index (χ0n) is 12.0. The molecule has 1 aliphatic heterocycles. The molecule has 112 valence electrons. The van der Waals surface area contributed by atoms with Crippen molar-refractivity contribution < 1.29 is 9.90 Å². The van der Waals surface area contributed by atoms with E-state index >= 15 is 0 Å².